The fourth-order valence-corrected chi connectivity index (χ4v) is 2.20. The van der Waals surface area contributed by atoms with Gasteiger partial charge in [-0.05, 0) is 25.3 Å². The molecular formula is C14H19NO2. The number of benzene rings is 1. The molecule has 1 aromatic carbocycles. The lowest BCUT2D eigenvalue weighted by molar-refractivity contribution is -0.129. The van der Waals surface area contributed by atoms with Gasteiger partial charge in [-0.2, -0.15) is 0 Å². The van der Waals surface area contributed by atoms with Crippen LogP contribution in [0.5, 0.6) is 0 Å². The number of rotatable bonds is 5. The number of carbonyl (C=O) groups is 1. The fraction of sp³-hybridized carbons (Fsp3) is 0.500. The summed E-state index contributed by atoms with van der Waals surface area (Å²) >= 11 is 0. The van der Waals surface area contributed by atoms with Crippen LogP contribution in [0.2, 0.25) is 0 Å². The Hall–Kier alpha value is -1.19. The van der Waals surface area contributed by atoms with Crippen molar-refractivity contribution in [2.24, 2.45) is 0 Å². The molecular weight excluding hydrogens is 214 g/mol. The molecule has 2 rings (SSSR count). The topological polar surface area (TPSA) is 29.5 Å². The molecule has 0 aromatic heterocycles. The second-order valence-corrected chi connectivity index (χ2v) is 4.52. The van der Waals surface area contributed by atoms with Gasteiger partial charge >= 0.3 is 0 Å². The van der Waals surface area contributed by atoms with Crippen LogP contribution in [0.1, 0.15) is 31.6 Å². The summed E-state index contributed by atoms with van der Waals surface area (Å²) in [5.74, 6) is 0.0742. The minimum Gasteiger partial charge on any atom is -0.351 e. The maximum atomic E-state index is 11.1. The van der Waals surface area contributed by atoms with Gasteiger partial charge in [0, 0.05) is 13.1 Å². The summed E-state index contributed by atoms with van der Waals surface area (Å²) in [5.41, 5.74) is 1.13. The number of Topliss-reactive ketones (excluding diaryl/α,β-unsaturated/α-hetero) is 1. The first-order valence-corrected chi connectivity index (χ1v) is 6.17. The Morgan fingerprint density at radius 3 is 2.53 bits per heavy atom. The quantitative estimate of drug-likeness (QED) is 0.782. The van der Waals surface area contributed by atoms with Gasteiger partial charge in [0.1, 0.15) is 12.8 Å². The van der Waals surface area contributed by atoms with Gasteiger partial charge in [0.2, 0.25) is 0 Å². The van der Waals surface area contributed by atoms with Gasteiger partial charge in [0.25, 0.3) is 0 Å². The van der Waals surface area contributed by atoms with Gasteiger partial charge in [-0.3, -0.25) is 9.69 Å². The zero-order valence-electron chi connectivity index (χ0n) is 10.3. The molecule has 1 aliphatic heterocycles. The Balaban J connectivity index is 2.08. The molecule has 1 saturated heterocycles. The molecule has 1 heterocycles. The second kappa shape index (κ2) is 5.94. The number of ketones is 1. The van der Waals surface area contributed by atoms with Crippen molar-refractivity contribution < 1.29 is 9.53 Å². The molecule has 92 valence electrons. The van der Waals surface area contributed by atoms with Crippen LogP contribution in [0, 0.1) is 0 Å². The molecule has 3 nitrogen and oxygen atoms in total. The lowest BCUT2D eigenvalue weighted by atomic mass is 10.2. The van der Waals surface area contributed by atoms with Crippen molar-refractivity contribution in [1.82, 2.24) is 4.90 Å². The number of ether oxygens (including phenoxy) is 1. The molecule has 0 radical (unpaired) electrons. The molecule has 0 spiro atoms. The number of hydrogen-bond donors (Lipinski definition) is 0. The van der Waals surface area contributed by atoms with Gasteiger partial charge in [-0.1, -0.05) is 30.3 Å². The van der Waals surface area contributed by atoms with E-state index in [-0.39, 0.29) is 18.6 Å². The van der Waals surface area contributed by atoms with Gasteiger partial charge in [0.15, 0.2) is 5.78 Å². The van der Waals surface area contributed by atoms with Crippen LogP contribution in [0.3, 0.4) is 0 Å². The molecule has 1 fully saturated rings. The van der Waals surface area contributed by atoms with Crippen molar-refractivity contribution in [1.29, 1.82) is 0 Å². The summed E-state index contributed by atoms with van der Waals surface area (Å²) in [5, 5.41) is 0. The third kappa shape index (κ3) is 3.38. The van der Waals surface area contributed by atoms with Crippen molar-refractivity contribution in [2.75, 3.05) is 19.7 Å². The minimum atomic E-state index is -0.0670. The van der Waals surface area contributed by atoms with E-state index in [1.54, 1.807) is 6.92 Å². The summed E-state index contributed by atoms with van der Waals surface area (Å²) in [6.45, 7) is 3.86. The highest BCUT2D eigenvalue weighted by atomic mass is 16.5. The number of nitrogens with zero attached hydrogens (tertiary/aromatic N) is 1. The van der Waals surface area contributed by atoms with Crippen LogP contribution in [0.15, 0.2) is 30.3 Å². The largest absolute Gasteiger partial charge is 0.351 e. The van der Waals surface area contributed by atoms with E-state index >= 15 is 0 Å². The molecule has 0 saturated carbocycles. The fourth-order valence-electron chi connectivity index (χ4n) is 2.20. The summed E-state index contributed by atoms with van der Waals surface area (Å²) in [7, 11) is 0. The number of hydrogen-bond acceptors (Lipinski definition) is 3. The van der Waals surface area contributed by atoms with Gasteiger partial charge < -0.3 is 4.74 Å². The molecule has 1 aliphatic rings. The molecule has 0 amide bonds. The molecule has 0 aliphatic carbocycles. The zero-order valence-corrected chi connectivity index (χ0v) is 10.3. The van der Waals surface area contributed by atoms with Crippen molar-refractivity contribution >= 4 is 5.78 Å². The van der Waals surface area contributed by atoms with Crippen LogP contribution in [0.4, 0.5) is 0 Å². The van der Waals surface area contributed by atoms with Crippen molar-refractivity contribution in [3.8, 4) is 0 Å². The molecule has 0 bridgehead atoms. The predicted octanol–water partition coefficient (Wildman–Crippen LogP) is 2.39. The third-order valence-corrected chi connectivity index (χ3v) is 3.00. The summed E-state index contributed by atoms with van der Waals surface area (Å²) in [6.07, 6.45) is 2.36. The highest BCUT2D eigenvalue weighted by Crippen LogP contribution is 2.25. The molecule has 0 N–H and O–H groups in total. The summed E-state index contributed by atoms with van der Waals surface area (Å²) in [4.78, 5) is 13.4. The highest BCUT2D eigenvalue weighted by Gasteiger charge is 2.24. The average Bonchev–Trinajstić information content (AvgIpc) is 2.84. The second-order valence-electron chi connectivity index (χ2n) is 4.52. The summed E-state index contributed by atoms with van der Waals surface area (Å²) in [6, 6.07) is 10.1. The Morgan fingerprint density at radius 2 is 1.94 bits per heavy atom. The average molecular weight is 233 g/mol. The SMILES string of the molecule is CC(=O)COC(c1ccccc1)N1CCCC1. The minimum absolute atomic E-state index is 0.0670. The summed E-state index contributed by atoms with van der Waals surface area (Å²) < 4.78 is 5.75. The lowest BCUT2D eigenvalue weighted by Gasteiger charge is -2.27. The molecule has 17 heavy (non-hydrogen) atoms. The maximum absolute atomic E-state index is 11.1. The first kappa shape index (κ1) is 12.3. The van der Waals surface area contributed by atoms with E-state index in [2.05, 4.69) is 17.0 Å². The third-order valence-electron chi connectivity index (χ3n) is 3.00. The van der Waals surface area contributed by atoms with E-state index in [9.17, 15) is 4.79 Å². The van der Waals surface area contributed by atoms with E-state index < -0.39 is 0 Å². The number of carbonyl (C=O) groups excluding carboxylic acids is 1. The Labute approximate surface area is 102 Å². The predicted molar refractivity (Wildman–Crippen MR) is 66.6 cm³/mol. The normalized spacial score (nSPS) is 18.2. The van der Waals surface area contributed by atoms with Crippen LogP contribution in [-0.2, 0) is 9.53 Å². The monoisotopic (exact) mass is 233 g/mol. The first-order chi connectivity index (χ1) is 8.27. The molecule has 1 unspecified atom stereocenters. The Kier molecular flexibility index (Phi) is 4.29. The van der Waals surface area contributed by atoms with E-state index in [1.807, 2.05) is 18.2 Å². The lowest BCUT2D eigenvalue weighted by Crippen LogP contribution is -2.29. The number of likely N-dealkylation sites (tertiary alicyclic amines) is 1. The Bertz CT molecular complexity index is 358. The standard InChI is InChI=1S/C14H19NO2/c1-12(16)11-17-14(15-9-5-6-10-15)13-7-3-2-4-8-13/h2-4,7-8,14H,5-6,9-11H2,1H3. The van der Waals surface area contributed by atoms with E-state index in [4.69, 9.17) is 4.74 Å². The van der Waals surface area contributed by atoms with Crippen LogP contribution >= 0.6 is 0 Å². The molecule has 3 heteroatoms. The van der Waals surface area contributed by atoms with Gasteiger partial charge in [-0.25, -0.2) is 0 Å². The smallest absolute Gasteiger partial charge is 0.155 e. The van der Waals surface area contributed by atoms with Crippen LogP contribution in [-0.4, -0.2) is 30.4 Å². The zero-order chi connectivity index (χ0) is 12.1. The molecule has 1 aromatic rings. The maximum Gasteiger partial charge on any atom is 0.155 e. The van der Waals surface area contributed by atoms with Crippen molar-refractivity contribution in [3.05, 3.63) is 35.9 Å². The van der Waals surface area contributed by atoms with Gasteiger partial charge in [0.05, 0.1) is 0 Å². The molecule has 1 atom stereocenters. The first-order valence-electron chi connectivity index (χ1n) is 6.17. The van der Waals surface area contributed by atoms with Crippen molar-refractivity contribution in [3.63, 3.8) is 0 Å². The Morgan fingerprint density at radius 1 is 1.29 bits per heavy atom. The van der Waals surface area contributed by atoms with Crippen LogP contribution in [0.25, 0.3) is 0 Å². The van der Waals surface area contributed by atoms with Crippen molar-refractivity contribution in [2.45, 2.75) is 26.0 Å². The van der Waals surface area contributed by atoms with Crippen LogP contribution < -0.4 is 0 Å². The van der Waals surface area contributed by atoms with E-state index in [0.29, 0.717) is 0 Å². The van der Waals surface area contributed by atoms with E-state index in [0.717, 1.165) is 18.7 Å². The van der Waals surface area contributed by atoms with E-state index in [1.165, 1.54) is 12.8 Å². The highest BCUT2D eigenvalue weighted by molar-refractivity contribution is 5.76. The van der Waals surface area contributed by atoms with Gasteiger partial charge in [-0.15, -0.1) is 0 Å².